The molecule has 0 amide bonds. The fraction of sp³-hybridized carbons (Fsp3) is 0.500. The number of nitrogens with zero attached hydrogens (tertiary/aromatic N) is 1. The SMILES string of the molecule is CCc1ncc(CNC2CCCc3sccc32)s1. The molecule has 0 aliphatic heterocycles. The quantitative estimate of drug-likeness (QED) is 0.916. The zero-order chi connectivity index (χ0) is 12.4. The van der Waals surface area contributed by atoms with Crippen LogP contribution in [0.15, 0.2) is 17.6 Å². The normalized spacial score (nSPS) is 18.8. The highest BCUT2D eigenvalue weighted by Crippen LogP contribution is 2.33. The molecule has 0 radical (unpaired) electrons. The van der Waals surface area contributed by atoms with Crippen LogP contribution in [0.5, 0.6) is 0 Å². The van der Waals surface area contributed by atoms with Crippen molar-refractivity contribution in [3.8, 4) is 0 Å². The number of aryl methyl sites for hydroxylation is 2. The molecule has 2 aromatic heterocycles. The Labute approximate surface area is 116 Å². The number of aromatic nitrogens is 1. The lowest BCUT2D eigenvalue weighted by Gasteiger charge is -2.23. The molecular formula is C14H18N2S2. The number of rotatable bonds is 4. The Morgan fingerprint density at radius 2 is 2.44 bits per heavy atom. The van der Waals surface area contributed by atoms with Crippen molar-refractivity contribution in [1.29, 1.82) is 0 Å². The highest BCUT2D eigenvalue weighted by molar-refractivity contribution is 7.11. The summed E-state index contributed by atoms with van der Waals surface area (Å²) >= 11 is 3.74. The number of thiazole rings is 1. The summed E-state index contributed by atoms with van der Waals surface area (Å²) in [6, 6.07) is 2.84. The molecule has 2 aromatic rings. The Morgan fingerprint density at radius 1 is 1.50 bits per heavy atom. The molecule has 2 nitrogen and oxygen atoms in total. The second-order valence-electron chi connectivity index (χ2n) is 4.70. The smallest absolute Gasteiger partial charge is 0.0925 e. The Hall–Kier alpha value is -0.710. The van der Waals surface area contributed by atoms with Crippen LogP contribution in [-0.4, -0.2) is 4.98 Å². The van der Waals surface area contributed by atoms with E-state index < -0.39 is 0 Å². The average Bonchev–Trinajstić information content (AvgIpc) is 3.05. The third kappa shape index (κ3) is 2.51. The summed E-state index contributed by atoms with van der Waals surface area (Å²) in [5, 5.41) is 7.17. The van der Waals surface area contributed by atoms with Crippen molar-refractivity contribution in [2.24, 2.45) is 0 Å². The van der Waals surface area contributed by atoms with E-state index in [9.17, 15) is 0 Å². The van der Waals surface area contributed by atoms with Crippen molar-refractivity contribution in [2.75, 3.05) is 0 Å². The fourth-order valence-electron chi connectivity index (χ4n) is 2.52. The molecule has 1 atom stereocenters. The molecule has 1 unspecified atom stereocenters. The maximum Gasteiger partial charge on any atom is 0.0925 e. The van der Waals surface area contributed by atoms with Crippen LogP contribution in [0.25, 0.3) is 0 Å². The molecular weight excluding hydrogens is 260 g/mol. The van der Waals surface area contributed by atoms with Crippen molar-refractivity contribution in [1.82, 2.24) is 10.3 Å². The molecule has 1 N–H and O–H groups in total. The monoisotopic (exact) mass is 278 g/mol. The van der Waals surface area contributed by atoms with Gasteiger partial charge in [-0.3, -0.25) is 0 Å². The second-order valence-corrected chi connectivity index (χ2v) is 6.90. The highest BCUT2D eigenvalue weighted by atomic mass is 32.1. The standard InChI is InChI=1S/C14H18N2S2/c1-2-14-16-9-10(18-14)8-15-12-4-3-5-13-11(12)6-7-17-13/h6-7,9,12,15H,2-5,8H2,1H3. The zero-order valence-corrected chi connectivity index (χ0v) is 12.2. The van der Waals surface area contributed by atoms with Gasteiger partial charge in [-0.2, -0.15) is 0 Å². The Bertz CT molecular complexity index is 515. The maximum absolute atomic E-state index is 4.41. The lowest BCUT2D eigenvalue weighted by molar-refractivity contribution is 0.465. The second kappa shape index (κ2) is 5.51. The number of hydrogen-bond donors (Lipinski definition) is 1. The topological polar surface area (TPSA) is 24.9 Å². The van der Waals surface area contributed by atoms with Gasteiger partial charge in [-0.25, -0.2) is 4.98 Å². The van der Waals surface area contributed by atoms with Gasteiger partial charge in [0.05, 0.1) is 5.01 Å². The molecule has 0 spiro atoms. The van der Waals surface area contributed by atoms with E-state index in [4.69, 9.17) is 0 Å². The molecule has 18 heavy (non-hydrogen) atoms. The van der Waals surface area contributed by atoms with Crippen LogP contribution in [0.3, 0.4) is 0 Å². The van der Waals surface area contributed by atoms with E-state index >= 15 is 0 Å². The highest BCUT2D eigenvalue weighted by Gasteiger charge is 2.20. The van der Waals surface area contributed by atoms with Gasteiger partial charge in [-0.15, -0.1) is 22.7 Å². The van der Waals surface area contributed by atoms with Crippen molar-refractivity contribution in [3.63, 3.8) is 0 Å². The van der Waals surface area contributed by atoms with E-state index in [2.05, 4.69) is 28.7 Å². The molecule has 2 heterocycles. The molecule has 4 heteroatoms. The number of fused-ring (bicyclic) bond motifs is 1. The first kappa shape index (κ1) is 12.3. The van der Waals surface area contributed by atoms with Crippen LogP contribution < -0.4 is 5.32 Å². The van der Waals surface area contributed by atoms with Crippen LogP contribution in [-0.2, 0) is 19.4 Å². The van der Waals surface area contributed by atoms with Crippen LogP contribution in [0.2, 0.25) is 0 Å². The predicted octanol–water partition coefficient (Wildman–Crippen LogP) is 3.93. The average molecular weight is 278 g/mol. The van der Waals surface area contributed by atoms with E-state index in [1.807, 2.05) is 28.9 Å². The Kier molecular flexibility index (Phi) is 3.77. The van der Waals surface area contributed by atoms with E-state index in [0.29, 0.717) is 6.04 Å². The first-order valence-corrected chi connectivity index (χ1v) is 8.29. The third-order valence-electron chi connectivity index (χ3n) is 3.48. The molecule has 1 aliphatic carbocycles. The van der Waals surface area contributed by atoms with Gasteiger partial charge in [0, 0.05) is 28.5 Å². The summed E-state index contributed by atoms with van der Waals surface area (Å²) in [6.07, 6.45) is 6.92. The van der Waals surface area contributed by atoms with E-state index in [1.165, 1.54) is 34.7 Å². The van der Waals surface area contributed by atoms with Gasteiger partial charge in [-0.05, 0) is 42.7 Å². The molecule has 3 rings (SSSR count). The lowest BCUT2D eigenvalue weighted by atomic mass is 9.94. The van der Waals surface area contributed by atoms with E-state index in [1.54, 1.807) is 4.88 Å². The van der Waals surface area contributed by atoms with Gasteiger partial charge in [-0.1, -0.05) is 6.92 Å². The minimum atomic E-state index is 0.548. The number of hydrogen-bond acceptors (Lipinski definition) is 4. The van der Waals surface area contributed by atoms with Gasteiger partial charge in [0.1, 0.15) is 0 Å². The molecule has 0 saturated heterocycles. The Balaban J connectivity index is 1.64. The van der Waals surface area contributed by atoms with E-state index in [-0.39, 0.29) is 0 Å². The first-order valence-electron chi connectivity index (χ1n) is 6.60. The van der Waals surface area contributed by atoms with Gasteiger partial charge in [0.2, 0.25) is 0 Å². The van der Waals surface area contributed by atoms with Crippen molar-refractivity contribution in [3.05, 3.63) is 38.0 Å². The summed E-state index contributed by atoms with van der Waals surface area (Å²) in [6.45, 7) is 3.12. The van der Waals surface area contributed by atoms with Crippen LogP contribution in [0, 0.1) is 0 Å². The molecule has 96 valence electrons. The molecule has 0 fully saturated rings. The van der Waals surface area contributed by atoms with Crippen LogP contribution >= 0.6 is 22.7 Å². The summed E-state index contributed by atoms with van der Waals surface area (Å²) in [7, 11) is 0. The minimum Gasteiger partial charge on any atom is -0.305 e. The lowest BCUT2D eigenvalue weighted by Crippen LogP contribution is -2.23. The summed E-state index contributed by atoms with van der Waals surface area (Å²) in [5.41, 5.74) is 1.53. The molecule has 0 aromatic carbocycles. The fourth-order valence-corrected chi connectivity index (χ4v) is 4.32. The summed E-state index contributed by atoms with van der Waals surface area (Å²) < 4.78 is 0. The number of thiophene rings is 1. The zero-order valence-electron chi connectivity index (χ0n) is 10.6. The molecule has 1 aliphatic rings. The third-order valence-corrected chi connectivity index (χ3v) is 5.62. The van der Waals surface area contributed by atoms with Crippen molar-refractivity contribution < 1.29 is 0 Å². The van der Waals surface area contributed by atoms with Crippen molar-refractivity contribution >= 4 is 22.7 Å². The van der Waals surface area contributed by atoms with Crippen LogP contribution in [0.4, 0.5) is 0 Å². The number of nitrogens with one attached hydrogen (secondary N) is 1. The van der Waals surface area contributed by atoms with Crippen LogP contribution in [0.1, 0.15) is 46.1 Å². The van der Waals surface area contributed by atoms with Gasteiger partial charge in [0.25, 0.3) is 0 Å². The first-order chi connectivity index (χ1) is 8.86. The van der Waals surface area contributed by atoms with Gasteiger partial charge >= 0.3 is 0 Å². The molecule has 0 bridgehead atoms. The van der Waals surface area contributed by atoms with Crippen molar-refractivity contribution in [2.45, 2.75) is 45.2 Å². The Morgan fingerprint density at radius 3 is 3.28 bits per heavy atom. The largest absolute Gasteiger partial charge is 0.305 e. The predicted molar refractivity (Wildman–Crippen MR) is 78.3 cm³/mol. The van der Waals surface area contributed by atoms with E-state index in [0.717, 1.165) is 13.0 Å². The minimum absolute atomic E-state index is 0.548. The summed E-state index contributed by atoms with van der Waals surface area (Å²) in [4.78, 5) is 7.35. The molecule has 0 saturated carbocycles. The maximum atomic E-state index is 4.41. The van der Waals surface area contributed by atoms with Gasteiger partial charge < -0.3 is 5.32 Å². The van der Waals surface area contributed by atoms with Gasteiger partial charge in [0.15, 0.2) is 0 Å². The summed E-state index contributed by atoms with van der Waals surface area (Å²) in [5.74, 6) is 0.